The van der Waals surface area contributed by atoms with Crippen molar-refractivity contribution in [2.24, 2.45) is 9.98 Å². The molecule has 0 bridgehead atoms. The van der Waals surface area contributed by atoms with Crippen LogP contribution >= 0.6 is 0 Å². The maximum atomic E-state index is 13.1. The van der Waals surface area contributed by atoms with Gasteiger partial charge in [-0.25, -0.2) is 0 Å². The van der Waals surface area contributed by atoms with Gasteiger partial charge in [0.25, 0.3) is 0 Å². The summed E-state index contributed by atoms with van der Waals surface area (Å²) in [7, 11) is 0. The van der Waals surface area contributed by atoms with Crippen molar-refractivity contribution in [2.45, 2.75) is 231 Å². The Morgan fingerprint density at radius 3 is 0.783 bits per heavy atom. The van der Waals surface area contributed by atoms with E-state index in [4.69, 9.17) is 0 Å². The Kier molecular flexibility index (Phi) is 48.9. The molecule has 0 atom stereocenters. The fourth-order valence-electron chi connectivity index (χ4n) is 4.45. The van der Waals surface area contributed by atoms with Gasteiger partial charge in [0.05, 0.1) is 13.1 Å². The van der Waals surface area contributed by atoms with Crippen LogP contribution in [0.2, 0.25) is 0 Å². The number of aliphatic imine (C=N–C) groups is 2. The minimum Gasteiger partial charge on any atom is -0.872 e. The number of hydrogen-bond donors (Lipinski definition) is 0. The van der Waals surface area contributed by atoms with E-state index in [-0.39, 0.29) is 85.6 Å². The third-order valence-corrected chi connectivity index (χ3v) is 7.34. The van der Waals surface area contributed by atoms with Crippen LogP contribution in [-0.2, 0) is 74.1 Å². The van der Waals surface area contributed by atoms with Crippen LogP contribution in [0.5, 0.6) is 11.5 Å². The maximum absolute atomic E-state index is 13.1. The molecule has 0 unspecified atom stereocenters. The molecule has 0 aliphatic heterocycles. The zero-order valence-corrected chi connectivity index (χ0v) is 52.8. The van der Waals surface area contributed by atoms with Crippen LogP contribution in [0, 0.1) is 6.92 Å². The smallest absolute Gasteiger partial charge is 0.872 e. The van der Waals surface area contributed by atoms with Crippen molar-refractivity contribution >= 4 is 12.4 Å². The summed E-state index contributed by atoms with van der Waals surface area (Å²) in [5, 5.41) is 83.4. The van der Waals surface area contributed by atoms with Crippen LogP contribution in [0.4, 0.5) is 0 Å². The minimum atomic E-state index is -0.417. The van der Waals surface area contributed by atoms with Gasteiger partial charge in [-0.3, -0.25) is 9.98 Å². The van der Waals surface area contributed by atoms with Crippen LogP contribution in [-0.4, -0.2) is 62.1 Å². The maximum Gasteiger partial charge on any atom is 4.00 e. The standard InChI is InChI=1S/C32H48N2O2.C7H8.6C3H7O.2Zr/c1-29(2,3)23-15-21(27(35)25(17-23)31(7,8)9)19-33-13-14-34-20-22-16-24(30(4,5)6)18-26(28(22)36)32(10,11)12;1-7-5-3-2-4-6-7;6*1-3(2)4;;/h15-20,35-36H,13-14H2,1-12H3;2-6H,1H3;6*3H,1-2H3;;/q;;6*-1;2*+4/p-2. The first-order chi connectivity index (χ1) is 30.0. The van der Waals surface area contributed by atoms with Gasteiger partial charge in [-0.05, 0) is 62.0 Å². The van der Waals surface area contributed by atoms with E-state index in [1.54, 1.807) is 95.5 Å². The van der Waals surface area contributed by atoms with E-state index < -0.39 is 36.6 Å². The molecule has 12 heteroatoms. The summed E-state index contributed by atoms with van der Waals surface area (Å²) in [4.78, 5) is 9.00. The van der Waals surface area contributed by atoms with Gasteiger partial charge in [-0.15, -0.1) is 36.6 Å². The number of aryl methyl sites for hydroxylation is 1. The zero-order valence-electron chi connectivity index (χ0n) is 47.9. The van der Waals surface area contributed by atoms with Crippen molar-refractivity contribution < 1.29 is 93.3 Å². The normalized spacial score (nSPS) is 11.2. The van der Waals surface area contributed by atoms with Crippen molar-refractivity contribution in [1.29, 1.82) is 0 Å². The molecule has 3 rings (SSSR count). The van der Waals surface area contributed by atoms with Crippen molar-refractivity contribution in [2.75, 3.05) is 13.1 Å². The Bertz CT molecular complexity index is 1580. The average molecular weight is 1120 g/mol. The second kappa shape index (κ2) is 41.6. The van der Waals surface area contributed by atoms with Gasteiger partial charge in [-0.1, -0.05) is 238 Å². The van der Waals surface area contributed by atoms with Crippen LogP contribution in [0.3, 0.4) is 0 Å². The Morgan fingerprint density at radius 2 is 0.623 bits per heavy atom. The zero-order chi connectivity index (χ0) is 54.3. The van der Waals surface area contributed by atoms with E-state index in [1.807, 2.05) is 42.5 Å². The molecule has 0 radical (unpaired) electrons. The predicted molar refractivity (Wildman–Crippen MR) is 273 cm³/mol. The molecule has 0 N–H and O–H groups in total. The summed E-state index contributed by atoms with van der Waals surface area (Å²) >= 11 is 0. The van der Waals surface area contributed by atoms with Crippen molar-refractivity contribution in [3.63, 3.8) is 0 Å². The van der Waals surface area contributed by atoms with Crippen LogP contribution in [0.15, 0.2) is 64.6 Å². The van der Waals surface area contributed by atoms with Gasteiger partial charge in [0, 0.05) is 12.4 Å². The van der Waals surface area contributed by atoms with Gasteiger partial charge in [0.1, 0.15) is 0 Å². The summed E-state index contributed by atoms with van der Waals surface area (Å²) in [6.07, 6.45) is 0.860. The van der Waals surface area contributed by atoms with Crippen molar-refractivity contribution in [1.82, 2.24) is 0 Å². The van der Waals surface area contributed by atoms with Gasteiger partial charge < -0.3 is 40.9 Å². The molecular weight excluding hydrogens is 1020 g/mol. The van der Waals surface area contributed by atoms with Gasteiger partial charge in [-0.2, -0.15) is 0 Å². The van der Waals surface area contributed by atoms with E-state index in [9.17, 15) is 40.9 Å². The Balaban J connectivity index is -0.000000187. The van der Waals surface area contributed by atoms with E-state index in [1.165, 1.54) is 5.56 Å². The minimum absolute atomic E-state index is 0. The Morgan fingerprint density at radius 1 is 0.406 bits per heavy atom. The molecule has 0 spiro atoms. The molecule has 0 saturated carbocycles. The van der Waals surface area contributed by atoms with Crippen LogP contribution in [0.1, 0.15) is 205 Å². The summed E-state index contributed by atoms with van der Waals surface area (Å²) < 4.78 is 0. The molecule has 3 aromatic rings. The van der Waals surface area contributed by atoms with Gasteiger partial charge in [0.15, 0.2) is 0 Å². The molecule has 69 heavy (non-hydrogen) atoms. The molecule has 10 nitrogen and oxygen atoms in total. The first-order valence-electron chi connectivity index (χ1n) is 23.7. The Hall–Kier alpha value is -1.87. The fraction of sp³-hybridized carbons (Fsp3) is 0.649. The third-order valence-electron chi connectivity index (χ3n) is 7.34. The topological polar surface area (TPSA) is 209 Å². The number of nitrogens with zero attached hydrogens (tertiary/aromatic N) is 2. The largest absolute Gasteiger partial charge is 4.00 e. The molecule has 0 saturated heterocycles. The summed E-state index contributed by atoms with van der Waals surface area (Å²) in [6.45, 7) is 47.6. The number of rotatable bonds is 5. The number of benzene rings is 3. The quantitative estimate of drug-likeness (QED) is 0.190. The molecule has 0 amide bonds. The van der Waals surface area contributed by atoms with Crippen LogP contribution < -0.4 is 40.9 Å². The SMILES string of the molecule is CC(C)(C)c1cc(C=NCCN=Cc2cc(C(C)(C)C)cc(C(C)(C)C)c2[O-])c([O-])c(C(C)(C)C)c1.CC(C)[O-].CC(C)[O-].CC(C)[O-].CC(C)[O-].CC(C)[O-].CC(C)[O-].Cc1ccccc1.[Zr+4].[Zr+4]. The van der Waals surface area contributed by atoms with E-state index in [0.717, 1.165) is 22.3 Å². The van der Waals surface area contributed by atoms with Crippen LogP contribution in [0.25, 0.3) is 0 Å². The second-order valence-corrected chi connectivity index (χ2v) is 21.9. The number of hydrogen-bond acceptors (Lipinski definition) is 10. The fourth-order valence-corrected chi connectivity index (χ4v) is 4.45. The first kappa shape index (κ1) is 81.2. The molecule has 0 aliphatic rings. The van der Waals surface area contributed by atoms with Gasteiger partial charge in [0.2, 0.25) is 0 Å². The molecule has 390 valence electrons. The molecular formula is C57H96N2O8Zr2. The molecule has 0 aliphatic carbocycles. The summed E-state index contributed by atoms with van der Waals surface area (Å²) in [5.74, 6) is 0.0694. The van der Waals surface area contributed by atoms with Crippen molar-refractivity contribution in [3.05, 3.63) is 93.5 Å². The van der Waals surface area contributed by atoms with Gasteiger partial charge >= 0.3 is 52.4 Å². The van der Waals surface area contributed by atoms with Crippen molar-refractivity contribution in [3.8, 4) is 11.5 Å². The average Bonchev–Trinajstić information content (AvgIpc) is 3.08. The molecule has 0 heterocycles. The molecule has 0 aromatic heterocycles. The third kappa shape index (κ3) is 53.8. The van der Waals surface area contributed by atoms with E-state index in [0.29, 0.717) is 24.2 Å². The first-order valence-corrected chi connectivity index (χ1v) is 23.7. The monoisotopic (exact) mass is 1120 g/mol. The molecule has 3 aromatic carbocycles. The summed E-state index contributed by atoms with van der Waals surface area (Å²) in [5.41, 5.74) is 5.82. The van der Waals surface area contributed by atoms with E-state index >= 15 is 0 Å². The second-order valence-electron chi connectivity index (χ2n) is 21.9. The summed E-state index contributed by atoms with van der Waals surface area (Å²) in [6, 6.07) is 18.3. The van der Waals surface area contributed by atoms with E-state index in [2.05, 4.69) is 112 Å². The predicted octanol–water partition coefficient (Wildman–Crippen LogP) is 7.08. The Labute approximate surface area is 461 Å². The molecule has 0 fully saturated rings.